The van der Waals surface area contributed by atoms with Crippen molar-refractivity contribution in [1.82, 2.24) is 4.98 Å². The lowest BCUT2D eigenvalue weighted by atomic mass is 9.79. The maximum absolute atomic E-state index is 12.6. The SMILES string of the molecule is CC(=O)Nc1cnc(S(=O)(=O)Nc2ccc3c(c2)B(O)OC3)c(Br)c1. The number of pyridine rings is 1. The van der Waals surface area contributed by atoms with Crippen molar-refractivity contribution < 1.29 is 22.9 Å². The normalized spacial score (nSPS) is 13.5. The Morgan fingerprint density at radius 3 is 2.80 bits per heavy atom. The third-order valence-corrected chi connectivity index (χ3v) is 5.65. The summed E-state index contributed by atoms with van der Waals surface area (Å²) in [6.07, 6.45) is 1.25. The largest absolute Gasteiger partial charge is 0.491 e. The van der Waals surface area contributed by atoms with Gasteiger partial charge in [0.1, 0.15) is 0 Å². The number of carbonyl (C=O) groups excluding carboxylic acids is 1. The lowest BCUT2D eigenvalue weighted by molar-refractivity contribution is -0.114. The molecule has 0 spiro atoms. The van der Waals surface area contributed by atoms with Crippen LogP contribution >= 0.6 is 15.9 Å². The van der Waals surface area contributed by atoms with Crippen molar-refractivity contribution in [2.45, 2.75) is 18.6 Å². The molecule has 1 aliphatic heterocycles. The minimum Gasteiger partial charge on any atom is -0.423 e. The van der Waals surface area contributed by atoms with E-state index in [2.05, 4.69) is 31.0 Å². The lowest BCUT2D eigenvalue weighted by Gasteiger charge is -2.11. The number of nitrogens with zero attached hydrogens (tertiary/aromatic N) is 1. The van der Waals surface area contributed by atoms with E-state index in [9.17, 15) is 18.2 Å². The van der Waals surface area contributed by atoms with E-state index >= 15 is 0 Å². The summed E-state index contributed by atoms with van der Waals surface area (Å²) in [6, 6.07) is 6.23. The van der Waals surface area contributed by atoms with Crippen molar-refractivity contribution in [3.05, 3.63) is 40.5 Å². The van der Waals surface area contributed by atoms with E-state index < -0.39 is 17.1 Å². The molecule has 3 N–H and O–H groups in total. The molecule has 130 valence electrons. The van der Waals surface area contributed by atoms with Crippen LogP contribution in [0.25, 0.3) is 0 Å². The molecule has 1 aliphatic rings. The summed E-state index contributed by atoms with van der Waals surface area (Å²) in [5.41, 5.74) is 1.97. The molecular formula is C14H13BBrN3O5S. The predicted octanol–water partition coefficient (Wildman–Crippen LogP) is 0.821. The van der Waals surface area contributed by atoms with Gasteiger partial charge in [0.15, 0.2) is 5.03 Å². The molecule has 0 saturated carbocycles. The number of hydrogen-bond donors (Lipinski definition) is 3. The van der Waals surface area contributed by atoms with Crippen LogP contribution in [0.15, 0.2) is 40.0 Å². The van der Waals surface area contributed by atoms with Gasteiger partial charge in [0.25, 0.3) is 10.0 Å². The third-order valence-electron chi connectivity index (χ3n) is 3.44. The molecular weight excluding hydrogens is 413 g/mol. The van der Waals surface area contributed by atoms with Gasteiger partial charge in [-0.25, -0.2) is 4.98 Å². The Balaban J connectivity index is 1.87. The Hall–Kier alpha value is -1.95. The Morgan fingerprint density at radius 2 is 2.12 bits per heavy atom. The summed E-state index contributed by atoms with van der Waals surface area (Å²) in [4.78, 5) is 15.0. The van der Waals surface area contributed by atoms with Crippen LogP contribution in [0.3, 0.4) is 0 Å². The maximum atomic E-state index is 12.6. The average Bonchev–Trinajstić information content (AvgIpc) is 2.87. The van der Waals surface area contributed by atoms with Crippen LogP contribution in [0.5, 0.6) is 0 Å². The number of carbonyl (C=O) groups is 1. The van der Waals surface area contributed by atoms with Crippen LogP contribution in [0, 0.1) is 0 Å². The quantitative estimate of drug-likeness (QED) is 0.624. The molecule has 2 aromatic rings. The molecule has 1 aromatic heterocycles. The van der Waals surface area contributed by atoms with Crippen molar-refractivity contribution in [3.8, 4) is 0 Å². The molecule has 11 heteroatoms. The third kappa shape index (κ3) is 3.84. The predicted molar refractivity (Wildman–Crippen MR) is 95.9 cm³/mol. The second-order valence-corrected chi connectivity index (χ2v) is 7.83. The monoisotopic (exact) mass is 425 g/mol. The second kappa shape index (κ2) is 6.75. The molecule has 0 unspecified atom stereocenters. The van der Waals surface area contributed by atoms with Crippen LogP contribution in [0.4, 0.5) is 11.4 Å². The van der Waals surface area contributed by atoms with Crippen molar-refractivity contribution in [3.63, 3.8) is 0 Å². The Kier molecular flexibility index (Phi) is 4.82. The highest BCUT2D eigenvalue weighted by atomic mass is 79.9. The standard InChI is InChI=1S/C14H13BBrN3O5S/c1-8(20)18-11-5-13(16)14(17-6-11)25(22,23)19-10-3-2-9-7-24-15(21)12(9)4-10/h2-6,19,21H,7H2,1H3,(H,18,20). The molecule has 0 saturated heterocycles. The van der Waals surface area contributed by atoms with Crippen LogP contribution in [-0.4, -0.2) is 31.5 Å². The molecule has 0 atom stereocenters. The topological polar surface area (TPSA) is 118 Å². The van der Waals surface area contributed by atoms with E-state index in [-0.39, 0.29) is 27.7 Å². The van der Waals surface area contributed by atoms with Crippen molar-refractivity contribution in [2.24, 2.45) is 0 Å². The van der Waals surface area contributed by atoms with Crippen molar-refractivity contribution >= 4 is 55.8 Å². The zero-order chi connectivity index (χ0) is 18.2. The minimum atomic E-state index is -3.97. The van der Waals surface area contributed by atoms with Gasteiger partial charge in [-0.1, -0.05) is 6.07 Å². The van der Waals surface area contributed by atoms with Gasteiger partial charge in [0.2, 0.25) is 5.91 Å². The van der Waals surface area contributed by atoms with Gasteiger partial charge < -0.3 is 15.0 Å². The molecule has 0 aliphatic carbocycles. The van der Waals surface area contributed by atoms with Gasteiger partial charge in [0, 0.05) is 12.6 Å². The van der Waals surface area contributed by atoms with Crippen LogP contribution in [0.1, 0.15) is 12.5 Å². The summed E-state index contributed by atoms with van der Waals surface area (Å²) in [7, 11) is -5.04. The van der Waals surface area contributed by atoms with Crippen LogP contribution in [-0.2, 0) is 26.1 Å². The molecule has 8 nitrogen and oxygen atoms in total. The number of anilines is 2. The number of sulfonamides is 1. The minimum absolute atomic E-state index is 0.204. The Morgan fingerprint density at radius 1 is 1.36 bits per heavy atom. The number of nitrogens with one attached hydrogen (secondary N) is 2. The van der Waals surface area contributed by atoms with Gasteiger partial charge in [-0.3, -0.25) is 9.52 Å². The number of fused-ring (bicyclic) bond motifs is 1. The van der Waals surface area contributed by atoms with E-state index in [0.717, 1.165) is 5.56 Å². The van der Waals surface area contributed by atoms with Gasteiger partial charge in [0.05, 0.1) is 23.0 Å². The zero-order valence-corrected chi connectivity index (χ0v) is 15.4. The first-order chi connectivity index (χ1) is 11.8. The molecule has 25 heavy (non-hydrogen) atoms. The highest BCUT2D eigenvalue weighted by Crippen LogP contribution is 2.25. The molecule has 1 amide bonds. The van der Waals surface area contributed by atoms with E-state index in [1.807, 2.05) is 0 Å². The molecule has 0 fully saturated rings. The molecule has 0 radical (unpaired) electrons. The molecule has 2 heterocycles. The fourth-order valence-corrected chi connectivity index (χ4v) is 4.41. The van der Waals surface area contributed by atoms with Crippen molar-refractivity contribution in [1.29, 1.82) is 0 Å². The number of halogens is 1. The first kappa shape index (κ1) is 17.9. The first-order valence-electron chi connectivity index (χ1n) is 7.15. The second-order valence-electron chi connectivity index (χ2n) is 5.37. The fourth-order valence-electron chi connectivity index (χ4n) is 2.38. The Bertz CT molecular complexity index is 953. The van der Waals surface area contributed by atoms with Crippen LogP contribution in [0.2, 0.25) is 0 Å². The van der Waals surface area contributed by atoms with Crippen LogP contribution < -0.4 is 15.5 Å². The lowest BCUT2D eigenvalue weighted by Crippen LogP contribution is -2.28. The van der Waals surface area contributed by atoms with E-state index in [1.165, 1.54) is 25.3 Å². The smallest absolute Gasteiger partial charge is 0.423 e. The number of benzene rings is 1. The summed E-state index contributed by atoms with van der Waals surface area (Å²) in [6.45, 7) is 1.62. The van der Waals surface area contributed by atoms with Gasteiger partial charge in [-0.2, -0.15) is 8.42 Å². The van der Waals surface area contributed by atoms with Gasteiger partial charge in [-0.05, 0) is 45.2 Å². The van der Waals surface area contributed by atoms with Gasteiger partial charge in [-0.15, -0.1) is 0 Å². The molecule has 3 rings (SSSR count). The highest BCUT2D eigenvalue weighted by Gasteiger charge is 2.28. The zero-order valence-electron chi connectivity index (χ0n) is 13.0. The summed E-state index contributed by atoms with van der Waals surface area (Å²) in [5, 5.41) is 12.0. The number of aromatic nitrogens is 1. The first-order valence-corrected chi connectivity index (χ1v) is 9.42. The van der Waals surface area contributed by atoms with E-state index in [1.54, 1.807) is 12.1 Å². The summed E-state index contributed by atoms with van der Waals surface area (Å²) in [5.74, 6) is -0.290. The average molecular weight is 426 g/mol. The molecule has 1 aromatic carbocycles. The Labute approximate surface area is 152 Å². The maximum Gasteiger partial charge on any atom is 0.491 e. The fraction of sp³-hybridized carbons (Fsp3) is 0.143. The van der Waals surface area contributed by atoms with Gasteiger partial charge >= 0.3 is 7.12 Å². The number of rotatable bonds is 4. The highest BCUT2D eigenvalue weighted by molar-refractivity contribution is 9.10. The summed E-state index contributed by atoms with van der Waals surface area (Å²) < 4.78 is 32.8. The number of amides is 1. The molecule has 0 bridgehead atoms. The van der Waals surface area contributed by atoms with E-state index in [0.29, 0.717) is 11.2 Å². The van der Waals surface area contributed by atoms with E-state index in [4.69, 9.17) is 4.65 Å². The number of hydrogen-bond acceptors (Lipinski definition) is 6. The van der Waals surface area contributed by atoms with Crippen molar-refractivity contribution in [2.75, 3.05) is 10.0 Å². The summed E-state index contributed by atoms with van der Waals surface area (Å²) >= 11 is 3.15.